The molecule has 4 fully saturated rings. The minimum Gasteiger partial charge on any atom is -0.482 e. The second kappa shape index (κ2) is 8.40. The summed E-state index contributed by atoms with van der Waals surface area (Å²) in [7, 11) is 0. The molecule has 2 bridgehead atoms. The molecular formula is C24H28ClF2NO6. The SMILES string of the molecule is CC(F)(F)OC1CC(OCC(=O)NC23CC(CC(=O)[C@@H]4C[C@H](O)c5cc(Cl)ccc5O4)(C2)C3)C1. The summed E-state index contributed by atoms with van der Waals surface area (Å²) in [6, 6.07) is 4.99. The lowest BCUT2D eigenvalue weighted by molar-refractivity contribution is -0.275. The van der Waals surface area contributed by atoms with Crippen LogP contribution in [-0.2, 0) is 19.1 Å². The van der Waals surface area contributed by atoms with E-state index in [1.54, 1.807) is 18.2 Å². The molecule has 34 heavy (non-hydrogen) atoms. The van der Waals surface area contributed by atoms with Crippen molar-refractivity contribution in [2.75, 3.05) is 6.61 Å². The second-order valence-corrected chi connectivity index (χ2v) is 10.9. The molecule has 0 spiro atoms. The maximum Gasteiger partial charge on any atom is 0.353 e. The van der Waals surface area contributed by atoms with Crippen LogP contribution in [0.3, 0.4) is 0 Å². The number of ketones is 1. The van der Waals surface area contributed by atoms with Crippen molar-refractivity contribution in [3.05, 3.63) is 28.8 Å². The van der Waals surface area contributed by atoms with Crippen LogP contribution in [0.1, 0.15) is 63.5 Å². The zero-order chi connectivity index (χ0) is 24.3. The van der Waals surface area contributed by atoms with Gasteiger partial charge >= 0.3 is 6.11 Å². The number of nitrogens with one attached hydrogen (secondary N) is 1. The molecule has 2 N–H and O–H groups in total. The van der Waals surface area contributed by atoms with E-state index in [-0.39, 0.29) is 41.8 Å². The van der Waals surface area contributed by atoms with Gasteiger partial charge < -0.3 is 24.6 Å². The Hall–Kier alpha value is -1.81. The van der Waals surface area contributed by atoms with E-state index in [1.165, 1.54) is 0 Å². The predicted molar refractivity (Wildman–Crippen MR) is 117 cm³/mol. The summed E-state index contributed by atoms with van der Waals surface area (Å²) in [6.07, 6.45) is -2.01. The number of fused-ring (bicyclic) bond motifs is 1. The van der Waals surface area contributed by atoms with Crippen LogP contribution in [0.4, 0.5) is 8.78 Å². The molecule has 6 rings (SSSR count). The van der Waals surface area contributed by atoms with Crippen LogP contribution in [0.5, 0.6) is 5.75 Å². The number of carbonyl (C=O) groups excluding carboxylic acids is 2. The molecule has 0 saturated heterocycles. The fourth-order valence-electron chi connectivity index (χ4n) is 5.98. The van der Waals surface area contributed by atoms with E-state index in [0.717, 1.165) is 19.3 Å². The molecule has 186 valence electrons. The molecule has 5 aliphatic rings. The number of carbonyl (C=O) groups is 2. The minimum atomic E-state index is -3.16. The number of hydrogen-bond acceptors (Lipinski definition) is 6. The Balaban J connectivity index is 1.03. The molecule has 1 amide bonds. The molecular weight excluding hydrogens is 472 g/mol. The molecule has 4 saturated carbocycles. The number of aliphatic hydroxyl groups excluding tert-OH is 1. The van der Waals surface area contributed by atoms with Crippen molar-refractivity contribution >= 4 is 23.3 Å². The van der Waals surface area contributed by atoms with Gasteiger partial charge in [0.1, 0.15) is 12.4 Å². The van der Waals surface area contributed by atoms with Gasteiger partial charge in [0.25, 0.3) is 0 Å². The van der Waals surface area contributed by atoms with Gasteiger partial charge in [0.15, 0.2) is 11.9 Å². The summed E-state index contributed by atoms with van der Waals surface area (Å²) in [5, 5.41) is 13.9. The molecule has 1 aliphatic heterocycles. The molecule has 0 aromatic heterocycles. The number of hydrogen-bond donors (Lipinski definition) is 2. The first kappa shape index (κ1) is 23.9. The summed E-state index contributed by atoms with van der Waals surface area (Å²) in [4.78, 5) is 25.2. The van der Waals surface area contributed by atoms with Crippen LogP contribution in [0.2, 0.25) is 5.02 Å². The van der Waals surface area contributed by atoms with Gasteiger partial charge in [-0.1, -0.05) is 11.6 Å². The highest BCUT2D eigenvalue weighted by Gasteiger charge is 2.68. The number of rotatable bonds is 9. The Morgan fingerprint density at radius 2 is 1.94 bits per heavy atom. The third-order valence-electron chi connectivity index (χ3n) is 7.37. The van der Waals surface area contributed by atoms with Crippen LogP contribution >= 0.6 is 11.6 Å². The van der Waals surface area contributed by atoms with Gasteiger partial charge in [-0.15, -0.1) is 0 Å². The quantitative estimate of drug-likeness (QED) is 0.538. The van der Waals surface area contributed by atoms with E-state index in [9.17, 15) is 23.5 Å². The highest BCUT2D eigenvalue weighted by atomic mass is 35.5. The summed E-state index contributed by atoms with van der Waals surface area (Å²) in [5.74, 6) is 0.205. The smallest absolute Gasteiger partial charge is 0.353 e. The van der Waals surface area contributed by atoms with E-state index in [2.05, 4.69) is 10.1 Å². The zero-order valence-electron chi connectivity index (χ0n) is 18.8. The number of Topliss-reactive ketones (excluding diaryl/α,β-unsaturated/α-hetero) is 1. The highest BCUT2D eigenvalue weighted by molar-refractivity contribution is 6.30. The molecule has 4 aliphatic carbocycles. The lowest BCUT2D eigenvalue weighted by Crippen LogP contribution is -2.75. The predicted octanol–water partition coefficient (Wildman–Crippen LogP) is 3.70. The molecule has 1 aromatic rings. The number of ether oxygens (including phenoxy) is 3. The van der Waals surface area contributed by atoms with Crippen molar-refractivity contribution in [1.29, 1.82) is 0 Å². The van der Waals surface area contributed by atoms with E-state index in [1.807, 2.05) is 0 Å². The van der Waals surface area contributed by atoms with Gasteiger partial charge in [-0.2, -0.15) is 8.78 Å². The van der Waals surface area contributed by atoms with Crippen LogP contribution in [-0.4, -0.2) is 53.4 Å². The molecule has 1 aromatic carbocycles. The average Bonchev–Trinajstić information content (AvgIpc) is 2.66. The van der Waals surface area contributed by atoms with Gasteiger partial charge in [-0.05, 0) is 42.9 Å². The van der Waals surface area contributed by atoms with E-state index < -0.39 is 24.4 Å². The lowest BCUT2D eigenvalue weighted by Gasteiger charge is -2.70. The van der Waals surface area contributed by atoms with Crippen LogP contribution in [0, 0.1) is 5.41 Å². The summed E-state index contributed by atoms with van der Waals surface area (Å²) < 4.78 is 41.5. The molecule has 7 nitrogen and oxygen atoms in total. The van der Waals surface area contributed by atoms with Crippen molar-refractivity contribution in [3.8, 4) is 5.75 Å². The Morgan fingerprint density at radius 1 is 1.24 bits per heavy atom. The second-order valence-electron chi connectivity index (χ2n) is 10.5. The first-order valence-electron chi connectivity index (χ1n) is 11.6. The Labute approximate surface area is 201 Å². The molecule has 2 atom stereocenters. The van der Waals surface area contributed by atoms with Crippen LogP contribution in [0.25, 0.3) is 0 Å². The number of benzene rings is 1. The van der Waals surface area contributed by atoms with Crippen LogP contribution in [0.15, 0.2) is 18.2 Å². The van der Waals surface area contributed by atoms with Crippen molar-refractivity contribution in [3.63, 3.8) is 0 Å². The normalized spacial score (nSPS) is 35.7. The Kier molecular flexibility index (Phi) is 5.90. The van der Waals surface area contributed by atoms with Crippen molar-refractivity contribution in [2.24, 2.45) is 5.41 Å². The largest absolute Gasteiger partial charge is 0.482 e. The van der Waals surface area contributed by atoms with Crippen molar-refractivity contribution in [2.45, 2.75) is 87.9 Å². The van der Waals surface area contributed by atoms with Gasteiger partial charge in [-0.25, -0.2) is 0 Å². The summed E-state index contributed by atoms with van der Waals surface area (Å²) in [6.45, 7) is 0.588. The fraction of sp³-hybridized carbons (Fsp3) is 0.667. The highest BCUT2D eigenvalue weighted by Crippen LogP contribution is 2.69. The number of amides is 1. The van der Waals surface area contributed by atoms with Gasteiger partial charge in [-0.3, -0.25) is 9.59 Å². The third-order valence-corrected chi connectivity index (χ3v) is 7.60. The topological polar surface area (TPSA) is 94.1 Å². The first-order valence-corrected chi connectivity index (χ1v) is 12.0. The maximum absolute atomic E-state index is 12.9. The molecule has 10 heteroatoms. The van der Waals surface area contributed by atoms with E-state index in [4.69, 9.17) is 21.1 Å². The number of alkyl halides is 2. The van der Waals surface area contributed by atoms with Crippen LogP contribution < -0.4 is 10.1 Å². The van der Waals surface area contributed by atoms with Gasteiger partial charge in [0, 0.05) is 48.7 Å². The Bertz CT molecular complexity index is 972. The summed E-state index contributed by atoms with van der Waals surface area (Å²) >= 11 is 5.98. The molecule has 0 unspecified atom stereocenters. The van der Waals surface area contributed by atoms with E-state index >= 15 is 0 Å². The number of aliphatic hydroxyl groups is 1. The van der Waals surface area contributed by atoms with Gasteiger partial charge in [0.05, 0.1) is 18.3 Å². The molecule has 1 heterocycles. The Morgan fingerprint density at radius 3 is 2.62 bits per heavy atom. The van der Waals surface area contributed by atoms with Gasteiger partial charge in [0.2, 0.25) is 5.91 Å². The van der Waals surface area contributed by atoms with Crippen molar-refractivity contribution < 1.29 is 37.7 Å². The standard InChI is InChI=1S/C24H28ClF2NO6/c1-22(26,27)34-15-5-14(6-15)32-9-21(31)28-24-10-23(11-24,12-24)8-18(30)20-7-17(29)16-4-13(25)2-3-19(16)33-20/h2-4,14-15,17,20,29H,5-12H2,1H3,(H,28,31)/t14?,15?,17-,20-,23?,24?/m0/s1. The summed E-state index contributed by atoms with van der Waals surface area (Å²) in [5.41, 5.74) is 0.190. The number of halogens is 3. The first-order chi connectivity index (χ1) is 15.9. The maximum atomic E-state index is 12.9. The third kappa shape index (κ3) is 4.80. The fourth-order valence-corrected chi connectivity index (χ4v) is 6.17. The average molecular weight is 500 g/mol. The lowest BCUT2D eigenvalue weighted by atomic mass is 9.38. The monoisotopic (exact) mass is 499 g/mol. The molecule has 0 radical (unpaired) electrons. The minimum absolute atomic E-state index is 0.0398. The van der Waals surface area contributed by atoms with Crippen molar-refractivity contribution in [1.82, 2.24) is 5.32 Å². The van der Waals surface area contributed by atoms with E-state index in [0.29, 0.717) is 42.5 Å². The zero-order valence-corrected chi connectivity index (χ0v) is 19.6.